The van der Waals surface area contributed by atoms with E-state index in [-0.39, 0.29) is 16.6 Å². The van der Waals surface area contributed by atoms with Crippen LogP contribution in [0.3, 0.4) is 0 Å². The second-order valence-electron chi connectivity index (χ2n) is 5.51. The second-order valence-corrected chi connectivity index (χ2v) is 5.89. The molecular weight excluding hydrogens is 322 g/mol. The number of carbonyl (C=O) groups excluding carboxylic acids is 2. The van der Waals surface area contributed by atoms with Crippen molar-refractivity contribution < 1.29 is 9.59 Å². The third kappa shape index (κ3) is 2.88. The molecule has 1 aromatic carbocycles. The van der Waals surface area contributed by atoms with Gasteiger partial charge in [0, 0.05) is 24.1 Å². The number of thiocarbonyl (C=S) groups is 1. The number of likely N-dealkylation sites (N-methyl/N-ethyl adjacent to an activating group) is 1. The van der Waals surface area contributed by atoms with Crippen LogP contribution in [-0.4, -0.2) is 32.9 Å². The summed E-state index contributed by atoms with van der Waals surface area (Å²) >= 11 is 5.04. The molecule has 0 bridgehead atoms. The summed E-state index contributed by atoms with van der Waals surface area (Å²) in [7, 11) is 0. The minimum atomic E-state index is -0.466. The van der Waals surface area contributed by atoms with Gasteiger partial charge < -0.3 is 4.57 Å². The monoisotopic (exact) mass is 339 g/mol. The molecule has 0 saturated carbocycles. The molecule has 6 heteroatoms. The zero-order chi connectivity index (χ0) is 17.3. The summed E-state index contributed by atoms with van der Waals surface area (Å²) in [4.78, 5) is 26.0. The van der Waals surface area contributed by atoms with Crippen LogP contribution in [0, 0.1) is 6.92 Å². The van der Waals surface area contributed by atoms with Crippen LogP contribution in [0.1, 0.15) is 18.2 Å². The number of nitrogens with zero attached hydrogens (tertiary/aromatic N) is 2. The van der Waals surface area contributed by atoms with Crippen LogP contribution in [0.4, 0.5) is 0 Å². The van der Waals surface area contributed by atoms with Crippen LogP contribution in [0.2, 0.25) is 0 Å². The zero-order valence-electron chi connectivity index (χ0n) is 13.4. The number of benzene rings is 1. The molecule has 2 amide bonds. The van der Waals surface area contributed by atoms with Crippen molar-refractivity contribution in [1.82, 2.24) is 14.8 Å². The van der Waals surface area contributed by atoms with Gasteiger partial charge in [-0.3, -0.25) is 19.8 Å². The van der Waals surface area contributed by atoms with Gasteiger partial charge >= 0.3 is 0 Å². The van der Waals surface area contributed by atoms with Crippen molar-refractivity contribution in [2.24, 2.45) is 0 Å². The van der Waals surface area contributed by atoms with E-state index in [9.17, 15) is 9.59 Å². The van der Waals surface area contributed by atoms with Crippen molar-refractivity contribution in [2.45, 2.75) is 13.8 Å². The molecule has 1 saturated heterocycles. The summed E-state index contributed by atoms with van der Waals surface area (Å²) in [6, 6.07) is 11.8. The molecule has 0 atom stereocenters. The van der Waals surface area contributed by atoms with E-state index in [0.717, 1.165) is 11.4 Å². The normalized spacial score (nSPS) is 16.7. The zero-order valence-corrected chi connectivity index (χ0v) is 14.3. The molecule has 1 aliphatic rings. The molecule has 24 heavy (non-hydrogen) atoms. The summed E-state index contributed by atoms with van der Waals surface area (Å²) in [5, 5.41) is 2.71. The minimum absolute atomic E-state index is 0.0810. The molecule has 3 rings (SSSR count). The number of aryl methyl sites for hydroxylation is 1. The molecule has 2 aromatic rings. The average Bonchev–Trinajstić information content (AvgIpc) is 3.00. The van der Waals surface area contributed by atoms with Gasteiger partial charge in [-0.1, -0.05) is 17.7 Å². The molecular formula is C18H17N3O2S. The maximum atomic E-state index is 12.5. The number of nitrogens with one attached hydrogen (secondary N) is 1. The Morgan fingerprint density at radius 1 is 1.17 bits per heavy atom. The van der Waals surface area contributed by atoms with Crippen LogP contribution < -0.4 is 5.32 Å². The smallest absolute Gasteiger partial charge is 0.265 e. The van der Waals surface area contributed by atoms with Gasteiger partial charge in [0.25, 0.3) is 11.8 Å². The Morgan fingerprint density at radius 3 is 2.54 bits per heavy atom. The number of amides is 2. The van der Waals surface area contributed by atoms with E-state index in [1.165, 1.54) is 10.5 Å². The maximum absolute atomic E-state index is 12.5. The van der Waals surface area contributed by atoms with E-state index in [0.29, 0.717) is 6.54 Å². The molecule has 122 valence electrons. The van der Waals surface area contributed by atoms with E-state index in [1.54, 1.807) is 6.08 Å². The fourth-order valence-electron chi connectivity index (χ4n) is 2.58. The van der Waals surface area contributed by atoms with E-state index in [4.69, 9.17) is 12.2 Å². The van der Waals surface area contributed by atoms with Gasteiger partial charge in [-0.15, -0.1) is 0 Å². The molecule has 0 spiro atoms. The first kappa shape index (κ1) is 16.1. The van der Waals surface area contributed by atoms with Gasteiger partial charge in [-0.05, 0) is 56.4 Å². The topological polar surface area (TPSA) is 54.3 Å². The molecule has 2 heterocycles. The van der Waals surface area contributed by atoms with Crippen LogP contribution in [-0.2, 0) is 9.59 Å². The highest BCUT2D eigenvalue weighted by Crippen LogP contribution is 2.19. The fraction of sp³-hybridized carbons (Fsp3) is 0.167. The van der Waals surface area contributed by atoms with Gasteiger partial charge in [-0.25, -0.2) is 0 Å². The quantitative estimate of drug-likeness (QED) is 0.531. The van der Waals surface area contributed by atoms with Crippen molar-refractivity contribution in [3.8, 4) is 5.69 Å². The Balaban J connectivity index is 2.01. The highest BCUT2D eigenvalue weighted by atomic mass is 32.1. The summed E-state index contributed by atoms with van der Waals surface area (Å²) in [5.41, 5.74) is 2.96. The molecule has 1 aliphatic heterocycles. The molecule has 1 fully saturated rings. The van der Waals surface area contributed by atoms with Crippen molar-refractivity contribution in [1.29, 1.82) is 0 Å². The summed E-state index contributed by atoms with van der Waals surface area (Å²) < 4.78 is 1.93. The first-order valence-corrected chi connectivity index (χ1v) is 8.05. The lowest BCUT2D eigenvalue weighted by molar-refractivity contribution is -0.128. The van der Waals surface area contributed by atoms with Crippen LogP contribution in [0.25, 0.3) is 11.8 Å². The van der Waals surface area contributed by atoms with Gasteiger partial charge in [0.2, 0.25) is 0 Å². The molecule has 5 nitrogen and oxygen atoms in total. The largest absolute Gasteiger partial charge is 0.317 e. The van der Waals surface area contributed by atoms with Crippen molar-refractivity contribution in [3.05, 3.63) is 59.4 Å². The molecule has 0 radical (unpaired) electrons. The van der Waals surface area contributed by atoms with E-state index in [1.807, 2.05) is 61.0 Å². The lowest BCUT2D eigenvalue weighted by Gasteiger charge is -2.27. The van der Waals surface area contributed by atoms with Crippen molar-refractivity contribution in [2.75, 3.05) is 6.54 Å². The Kier molecular flexibility index (Phi) is 4.31. The van der Waals surface area contributed by atoms with E-state index >= 15 is 0 Å². The number of hydrogen-bond acceptors (Lipinski definition) is 3. The molecule has 0 unspecified atom stereocenters. The molecule has 1 N–H and O–H groups in total. The third-order valence-corrected chi connectivity index (χ3v) is 4.21. The first-order valence-electron chi connectivity index (χ1n) is 7.64. The number of carbonyl (C=O) groups is 2. The number of aromatic nitrogens is 1. The Labute approximate surface area is 145 Å². The fourth-order valence-corrected chi connectivity index (χ4v) is 2.89. The number of rotatable bonds is 3. The second kappa shape index (κ2) is 6.41. The van der Waals surface area contributed by atoms with Gasteiger partial charge in [0.1, 0.15) is 5.57 Å². The van der Waals surface area contributed by atoms with Gasteiger partial charge in [0.05, 0.1) is 0 Å². The SMILES string of the molecule is CCN1C(=O)/C(=C/c2cccn2-c2ccc(C)cc2)C(=O)NC1=S. The molecule has 0 aliphatic carbocycles. The highest BCUT2D eigenvalue weighted by molar-refractivity contribution is 7.80. The summed E-state index contributed by atoms with van der Waals surface area (Å²) in [6.07, 6.45) is 3.49. The number of hydrogen-bond donors (Lipinski definition) is 1. The van der Waals surface area contributed by atoms with Crippen molar-refractivity contribution >= 4 is 35.2 Å². The highest BCUT2D eigenvalue weighted by Gasteiger charge is 2.32. The Bertz CT molecular complexity index is 849. The summed E-state index contributed by atoms with van der Waals surface area (Å²) in [6.45, 7) is 4.25. The van der Waals surface area contributed by atoms with Crippen LogP contribution in [0.15, 0.2) is 48.2 Å². The standard InChI is InChI=1S/C18H17N3O2S/c1-3-20-17(23)15(16(22)19-18(20)24)11-14-5-4-10-21(14)13-8-6-12(2)7-9-13/h4-11H,3H2,1-2H3,(H,19,22,24)/b15-11+. The first-order chi connectivity index (χ1) is 11.5. The minimum Gasteiger partial charge on any atom is -0.317 e. The van der Waals surface area contributed by atoms with E-state index in [2.05, 4.69) is 5.32 Å². The lowest BCUT2D eigenvalue weighted by Crippen LogP contribution is -2.53. The molecule has 1 aromatic heterocycles. The average molecular weight is 339 g/mol. The van der Waals surface area contributed by atoms with Crippen LogP contribution >= 0.6 is 12.2 Å². The Morgan fingerprint density at radius 2 is 1.88 bits per heavy atom. The van der Waals surface area contributed by atoms with Crippen molar-refractivity contribution in [3.63, 3.8) is 0 Å². The van der Waals surface area contributed by atoms with Gasteiger partial charge in [0.15, 0.2) is 5.11 Å². The Hall–Kier alpha value is -2.73. The van der Waals surface area contributed by atoms with Gasteiger partial charge in [-0.2, -0.15) is 0 Å². The third-order valence-electron chi connectivity index (χ3n) is 3.89. The lowest BCUT2D eigenvalue weighted by atomic mass is 10.1. The predicted octanol–water partition coefficient (Wildman–Crippen LogP) is 2.43. The predicted molar refractivity (Wildman–Crippen MR) is 96.6 cm³/mol. The van der Waals surface area contributed by atoms with E-state index < -0.39 is 5.91 Å². The summed E-state index contributed by atoms with van der Waals surface area (Å²) in [5.74, 6) is -0.839. The maximum Gasteiger partial charge on any atom is 0.265 e. The van der Waals surface area contributed by atoms with Crippen LogP contribution in [0.5, 0.6) is 0 Å².